The summed E-state index contributed by atoms with van der Waals surface area (Å²) in [5.74, 6) is 0.963. The number of fused-ring (bicyclic) bond motifs is 2. The van der Waals surface area contributed by atoms with Gasteiger partial charge in [0.05, 0.1) is 6.61 Å². The van der Waals surface area contributed by atoms with E-state index in [1.165, 1.54) is 5.56 Å². The van der Waals surface area contributed by atoms with Crippen LogP contribution in [0.2, 0.25) is 0 Å². The molecule has 5 heteroatoms. The van der Waals surface area contributed by atoms with Gasteiger partial charge in [-0.05, 0) is 67.7 Å². The Kier molecular flexibility index (Phi) is 4.78. The van der Waals surface area contributed by atoms with Crippen molar-refractivity contribution in [2.75, 3.05) is 13.2 Å². The lowest BCUT2D eigenvalue weighted by Gasteiger charge is -2.17. The first-order valence-corrected chi connectivity index (χ1v) is 9.44. The molecule has 2 aromatic rings. The molecular formula is C21H24N2O3. The zero-order valence-corrected chi connectivity index (χ0v) is 14.8. The molecule has 0 bridgehead atoms. The number of aryl methyl sites for hydroxylation is 2. The average molecular weight is 352 g/mol. The Morgan fingerprint density at radius 3 is 2.96 bits per heavy atom. The number of pyridine rings is 1. The van der Waals surface area contributed by atoms with E-state index in [-0.39, 0.29) is 17.0 Å². The van der Waals surface area contributed by atoms with Crippen molar-refractivity contribution in [3.63, 3.8) is 0 Å². The van der Waals surface area contributed by atoms with Gasteiger partial charge in [-0.1, -0.05) is 18.2 Å². The molecule has 2 N–H and O–H groups in total. The van der Waals surface area contributed by atoms with E-state index in [0.717, 1.165) is 55.5 Å². The lowest BCUT2D eigenvalue weighted by atomic mass is 9.94. The molecule has 1 aliphatic heterocycles. The molecule has 136 valence electrons. The van der Waals surface area contributed by atoms with Gasteiger partial charge in [0.15, 0.2) is 0 Å². The minimum Gasteiger partial charge on any atom is -0.493 e. The van der Waals surface area contributed by atoms with Crippen LogP contribution in [0.1, 0.15) is 46.4 Å². The van der Waals surface area contributed by atoms with Gasteiger partial charge in [0.25, 0.3) is 11.5 Å². The summed E-state index contributed by atoms with van der Waals surface area (Å²) in [7, 11) is 0. The fraction of sp³-hybridized carbons (Fsp3) is 0.429. The zero-order valence-electron chi connectivity index (χ0n) is 14.8. The van der Waals surface area contributed by atoms with Crippen molar-refractivity contribution in [1.29, 1.82) is 0 Å². The number of benzene rings is 1. The summed E-state index contributed by atoms with van der Waals surface area (Å²) in [5, 5.41) is 2.96. The standard InChI is InChI=1S/C21H24N2O3/c24-20(17-12-15-5-1-3-7-18(15)23-21(17)25)22-13-14-9-10-26-19-8-4-2-6-16(19)11-14/h2,4,6,8,12,14H,1,3,5,7,9-11,13H2,(H,22,24)(H,23,25)/t14-/m1/s1. The van der Waals surface area contributed by atoms with Gasteiger partial charge in [0.1, 0.15) is 11.3 Å². The number of carbonyl (C=O) groups excluding carboxylic acids is 1. The van der Waals surface area contributed by atoms with Crippen LogP contribution in [0.15, 0.2) is 35.1 Å². The number of hydrogen-bond donors (Lipinski definition) is 2. The third kappa shape index (κ3) is 3.52. The van der Waals surface area contributed by atoms with Gasteiger partial charge in [0, 0.05) is 12.2 Å². The Bertz CT molecular complexity index is 872. The maximum atomic E-state index is 12.6. The van der Waals surface area contributed by atoms with E-state index in [0.29, 0.717) is 19.1 Å². The highest BCUT2D eigenvalue weighted by molar-refractivity contribution is 5.94. The van der Waals surface area contributed by atoms with Gasteiger partial charge in [0.2, 0.25) is 0 Å². The Morgan fingerprint density at radius 1 is 1.19 bits per heavy atom. The smallest absolute Gasteiger partial charge is 0.261 e. The van der Waals surface area contributed by atoms with Crippen LogP contribution in [0, 0.1) is 5.92 Å². The topological polar surface area (TPSA) is 71.2 Å². The summed E-state index contributed by atoms with van der Waals surface area (Å²) in [6, 6.07) is 9.83. The van der Waals surface area contributed by atoms with Crippen LogP contribution in [-0.2, 0) is 19.3 Å². The van der Waals surface area contributed by atoms with E-state index in [1.54, 1.807) is 6.07 Å². The van der Waals surface area contributed by atoms with Crippen molar-refractivity contribution in [2.24, 2.45) is 5.92 Å². The first-order valence-electron chi connectivity index (χ1n) is 9.44. The van der Waals surface area contributed by atoms with Crippen molar-refractivity contribution < 1.29 is 9.53 Å². The lowest BCUT2D eigenvalue weighted by Crippen LogP contribution is -2.34. The van der Waals surface area contributed by atoms with Gasteiger partial charge < -0.3 is 15.0 Å². The summed E-state index contributed by atoms with van der Waals surface area (Å²) >= 11 is 0. The van der Waals surface area contributed by atoms with Crippen LogP contribution in [0.3, 0.4) is 0 Å². The molecule has 1 aromatic carbocycles. The van der Waals surface area contributed by atoms with Crippen molar-refractivity contribution in [3.05, 3.63) is 63.1 Å². The Morgan fingerprint density at radius 2 is 2.04 bits per heavy atom. The van der Waals surface area contributed by atoms with Crippen LogP contribution in [0.4, 0.5) is 0 Å². The molecule has 5 nitrogen and oxygen atoms in total. The highest BCUT2D eigenvalue weighted by Gasteiger charge is 2.20. The van der Waals surface area contributed by atoms with E-state index in [9.17, 15) is 9.59 Å². The summed E-state index contributed by atoms with van der Waals surface area (Å²) < 4.78 is 5.78. The van der Waals surface area contributed by atoms with Gasteiger partial charge in [-0.2, -0.15) is 0 Å². The molecule has 1 amide bonds. The minimum atomic E-state index is -0.280. The predicted molar refractivity (Wildman–Crippen MR) is 99.8 cm³/mol. The van der Waals surface area contributed by atoms with Crippen molar-refractivity contribution >= 4 is 5.91 Å². The molecule has 0 fully saturated rings. The van der Waals surface area contributed by atoms with E-state index in [2.05, 4.69) is 16.4 Å². The number of H-pyrrole nitrogens is 1. The Labute approximate surface area is 152 Å². The second kappa shape index (κ2) is 7.36. The molecule has 2 heterocycles. The van der Waals surface area contributed by atoms with Crippen molar-refractivity contribution in [1.82, 2.24) is 10.3 Å². The number of aromatic amines is 1. The minimum absolute atomic E-state index is 0.232. The largest absolute Gasteiger partial charge is 0.493 e. The fourth-order valence-electron chi connectivity index (χ4n) is 3.91. The first kappa shape index (κ1) is 16.9. The number of hydrogen-bond acceptors (Lipinski definition) is 3. The molecule has 1 aliphatic carbocycles. The molecule has 2 aliphatic rings. The molecular weight excluding hydrogens is 328 g/mol. The van der Waals surface area contributed by atoms with Gasteiger partial charge in [-0.3, -0.25) is 9.59 Å². The molecule has 0 unspecified atom stereocenters. The Hall–Kier alpha value is -2.56. The number of nitrogens with one attached hydrogen (secondary N) is 2. The van der Waals surface area contributed by atoms with Gasteiger partial charge in [-0.15, -0.1) is 0 Å². The fourth-order valence-corrected chi connectivity index (χ4v) is 3.91. The number of rotatable bonds is 3. The molecule has 0 saturated carbocycles. The van der Waals surface area contributed by atoms with E-state index in [1.807, 2.05) is 18.2 Å². The summed E-state index contributed by atoms with van der Waals surface area (Å²) in [6.45, 7) is 1.20. The number of aromatic nitrogens is 1. The van der Waals surface area contributed by atoms with Crippen LogP contribution < -0.4 is 15.6 Å². The molecule has 1 aromatic heterocycles. The second-order valence-corrected chi connectivity index (χ2v) is 7.25. The lowest BCUT2D eigenvalue weighted by molar-refractivity contribution is 0.0943. The van der Waals surface area contributed by atoms with Gasteiger partial charge in [-0.25, -0.2) is 0 Å². The molecule has 4 rings (SSSR count). The van der Waals surface area contributed by atoms with E-state index in [4.69, 9.17) is 4.74 Å². The number of ether oxygens (including phenoxy) is 1. The number of carbonyl (C=O) groups is 1. The molecule has 0 radical (unpaired) electrons. The molecule has 26 heavy (non-hydrogen) atoms. The maximum absolute atomic E-state index is 12.6. The zero-order chi connectivity index (χ0) is 17.9. The van der Waals surface area contributed by atoms with Crippen LogP contribution in [0.25, 0.3) is 0 Å². The van der Waals surface area contributed by atoms with Crippen LogP contribution >= 0.6 is 0 Å². The first-order chi connectivity index (χ1) is 12.7. The number of para-hydroxylation sites is 1. The van der Waals surface area contributed by atoms with Gasteiger partial charge >= 0.3 is 0 Å². The van der Waals surface area contributed by atoms with Crippen LogP contribution in [-0.4, -0.2) is 24.0 Å². The summed E-state index contributed by atoms with van der Waals surface area (Å²) in [4.78, 5) is 27.7. The third-order valence-corrected chi connectivity index (χ3v) is 5.40. The van der Waals surface area contributed by atoms with E-state index < -0.39 is 0 Å². The summed E-state index contributed by atoms with van der Waals surface area (Å²) in [6.07, 6.45) is 5.80. The van der Waals surface area contributed by atoms with Crippen molar-refractivity contribution in [2.45, 2.75) is 38.5 Å². The summed E-state index contributed by atoms with van der Waals surface area (Å²) in [5.41, 5.74) is 3.23. The average Bonchev–Trinajstić information content (AvgIpc) is 2.87. The molecule has 0 spiro atoms. The molecule has 1 atom stereocenters. The monoisotopic (exact) mass is 352 g/mol. The highest BCUT2D eigenvalue weighted by Crippen LogP contribution is 2.26. The van der Waals surface area contributed by atoms with Crippen molar-refractivity contribution in [3.8, 4) is 5.75 Å². The maximum Gasteiger partial charge on any atom is 0.261 e. The number of amides is 1. The quantitative estimate of drug-likeness (QED) is 0.892. The highest BCUT2D eigenvalue weighted by atomic mass is 16.5. The molecule has 0 saturated heterocycles. The second-order valence-electron chi connectivity index (χ2n) is 7.25. The third-order valence-electron chi connectivity index (χ3n) is 5.40. The van der Waals surface area contributed by atoms with E-state index >= 15 is 0 Å². The van der Waals surface area contributed by atoms with Crippen LogP contribution in [0.5, 0.6) is 5.75 Å². The Balaban J connectivity index is 1.43. The SMILES string of the molecule is O=C(NC[C@@H]1CCOc2ccccc2C1)c1cc2c([nH]c1=O)CCCC2. The predicted octanol–water partition coefficient (Wildman–Crippen LogP) is 2.62. The normalized spacial score (nSPS) is 18.8.